The van der Waals surface area contributed by atoms with E-state index < -0.39 is 22.9 Å². The lowest BCUT2D eigenvalue weighted by Gasteiger charge is -2.14. The van der Waals surface area contributed by atoms with Crippen LogP contribution in [0.3, 0.4) is 0 Å². The van der Waals surface area contributed by atoms with Crippen LogP contribution in [0.4, 0.5) is 5.69 Å². The largest absolute Gasteiger partial charge is 0.481 e. The number of nitro groups is 1. The Bertz CT molecular complexity index is 577. The maximum Gasteiger partial charge on any atom is 0.306 e. The minimum Gasteiger partial charge on any atom is -0.481 e. The van der Waals surface area contributed by atoms with Gasteiger partial charge in [-0.05, 0) is 30.6 Å². The highest BCUT2D eigenvalue weighted by atomic mass is 32.2. The Morgan fingerprint density at radius 1 is 1.55 bits per heavy atom. The third-order valence-corrected chi connectivity index (χ3v) is 5.29. The van der Waals surface area contributed by atoms with Crippen LogP contribution in [0.25, 0.3) is 0 Å². The standard InChI is InChI=1S/C15H19NO5S/c1-9(15(18)19)6-10-2-3-11(12(7-10)16(20)21)8-14-13(17)4-5-22-14/h2-3,7,9,13-14,17H,4-6,8H2,1H3,(H,18,19). The highest BCUT2D eigenvalue weighted by Crippen LogP contribution is 2.32. The summed E-state index contributed by atoms with van der Waals surface area (Å²) in [6, 6.07) is 4.89. The minimum atomic E-state index is -0.919. The van der Waals surface area contributed by atoms with E-state index in [4.69, 9.17) is 5.11 Å². The molecule has 0 spiro atoms. The molecule has 7 heteroatoms. The number of carboxylic acids is 1. The van der Waals surface area contributed by atoms with Crippen molar-refractivity contribution in [3.05, 3.63) is 39.4 Å². The summed E-state index contributed by atoms with van der Waals surface area (Å²) in [5.74, 6) is -0.636. The summed E-state index contributed by atoms with van der Waals surface area (Å²) >= 11 is 1.63. The van der Waals surface area contributed by atoms with Gasteiger partial charge in [-0.25, -0.2) is 0 Å². The van der Waals surface area contributed by atoms with E-state index in [-0.39, 0.29) is 17.4 Å². The van der Waals surface area contributed by atoms with Crippen LogP contribution in [-0.4, -0.2) is 38.2 Å². The number of aliphatic carboxylic acids is 1. The molecule has 2 rings (SSSR count). The van der Waals surface area contributed by atoms with Crippen molar-refractivity contribution in [3.63, 3.8) is 0 Å². The topological polar surface area (TPSA) is 101 Å². The summed E-state index contributed by atoms with van der Waals surface area (Å²) < 4.78 is 0. The fourth-order valence-corrected chi connectivity index (χ4v) is 3.90. The second-order valence-electron chi connectivity index (χ2n) is 5.63. The number of benzene rings is 1. The van der Waals surface area contributed by atoms with Crippen molar-refractivity contribution >= 4 is 23.4 Å². The zero-order chi connectivity index (χ0) is 16.3. The Labute approximate surface area is 132 Å². The number of carbonyl (C=O) groups is 1. The molecule has 0 saturated carbocycles. The first-order chi connectivity index (χ1) is 10.4. The highest BCUT2D eigenvalue weighted by Gasteiger charge is 2.28. The van der Waals surface area contributed by atoms with E-state index in [0.717, 1.165) is 12.2 Å². The fourth-order valence-electron chi connectivity index (χ4n) is 2.57. The summed E-state index contributed by atoms with van der Waals surface area (Å²) in [5.41, 5.74) is 1.25. The van der Waals surface area contributed by atoms with Gasteiger partial charge in [0.25, 0.3) is 5.69 Å². The summed E-state index contributed by atoms with van der Waals surface area (Å²) in [6.45, 7) is 1.58. The van der Waals surface area contributed by atoms with Crippen LogP contribution in [0, 0.1) is 16.0 Å². The van der Waals surface area contributed by atoms with Gasteiger partial charge in [-0.15, -0.1) is 0 Å². The number of thioether (sulfide) groups is 1. The number of nitrogens with zero attached hydrogens (tertiary/aromatic N) is 1. The van der Waals surface area contributed by atoms with Crippen molar-refractivity contribution in [1.82, 2.24) is 0 Å². The van der Waals surface area contributed by atoms with Gasteiger partial charge in [0.1, 0.15) is 0 Å². The molecule has 0 aliphatic carbocycles. The van der Waals surface area contributed by atoms with Gasteiger partial charge < -0.3 is 10.2 Å². The number of nitro benzene ring substituents is 1. The molecule has 120 valence electrons. The molecular weight excluding hydrogens is 306 g/mol. The third kappa shape index (κ3) is 3.98. The van der Waals surface area contributed by atoms with Crippen molar-refractivity contribution in [3.8, 4) is 0 Å². The Balaban J connectivity index is 2.20. The lowest BCUT2D eigenvalue weighted by Crippen LogP contribution is -2.20. The van der Waals surface area contributed by atoms with Gasteiger partial charge in [-0.2, -0.15) is 11.8 Å². The summed E-state index contributed by atoms with van der Waals surface area (Å²) in [6.07, 6.45) is 1.02. The first kappa shape index (κ1) is 16.8. The lowest BCUT2D eigenvalue weighted by molar-refractivity contribution is -0.385. The second kappa shape index (κ2) is 7.11. The number of hydrogen-bond donors (Lipinski definition) is 2. The van der Waals surface area contributed by atoms with E-state index in [2.05, 4.69) is 0 Å². The maximum absolute atomic E-state index is 11.3. The molecule has 1 aromatic rings. The zero-order valence-electron chi connectivity index (χ0n) is 12.3. The van der Waals surface area contributed by atoms with Crippen LogP contribution in [0.1, 0.15) is 24.5 Å². The first-order valence-corrected chi connectivity index (χ1v) is 8.22. The highest BCUT2D eigenvalue weighted by molar-refractivity contribution is 8.00. The van der Waals surface area contributed by atoms with Gasteiger partial charge >= 0.3 is 5.97 Å². The maximum atomic E-state index is 11.3. The average molecular weight is 325 g/mol. The molecule has 0 aromatic heterocycles. The second-order valence-corrected chi connectivity index (χ2v) is 6.98. The van der Waals surface area contributed by atoms with Gasteiger partial charge in [0.15, 0.2) is 0 Å². The zero-order valence-corrected chi connectivity index (χ0v) is 13.1. The molecule has 1 aliphatic heterocycles. The van der Waals surface area contributed by atoms with Crippen molar-refractivity contribution < 1.29 is 19.9 Å². The number of hydrogen-bond acceptors (Lipinski definition) is 5. The van der Waals surface area contributed by atoms with E-state index in [1.165, 1.54) is 6.07 Å². The molecule has 22 heavy (non-hydrogen) atoms. The summed E-state index contributed by atoms with van der Waals surface area (Å²) in [4.78, 5) is 21.7. The molecule has 0 bridgehead atoms. The quantitative estimate of drug-likeness (QED) is 0.614. The number of aliphatic hydroxyl groups is 1. The van der Waals surface area contributed by atoms with Gasteiger partial charge in [0.2, 0.25) is 0 Å². The summed E-state index contributed by atoms with van der Waals surface area (Å²) in [7, 11) is 0. The van der Waals surface area contributed by atoms with Crippen LogP contribution in [0.2, 0.25) is 0 Å². The Morgan fingerprint density at radius 2 is 2.27 bits per heavy atom. The van der Waals surface area contributed by atoms with Gasteiger partial charge in [0.05, 0.1) is 16.9 Å². The van der Waals surface area contributed by atoms with E-state index >= 15 is 0 Å². The molecule has 1 saturated heterocycles. The third-order valence-electron chi connectivity index (χ3n) is 3.91. The molecule has 1 fully saturated rings. The Hall–Kier alpha value is -1.60. The molecular formula is C15H19NO5S. The van der Waals surface area contributed by atoms with Crippen LogP contribution in [-0.2, 0) is 17.6 Å². The van der Waals surface area contributed by atoms with Crippen LogP contribution in [0.5, 0.6) is 0 Å². The van der Waals surface area contributed by atoms with Crippen molar-refractivity contribution in [2.45, 2.75) is 37.5 Å². The molecule has 6 nitrogen and oxygen atoms in total. The van der Waals surface area contributed by atoms with Crippen molar-refractivity contribution in [2.24, 2.45) is 5.92 Å². The van der Waals surface area contributed by atoms with Gasteiger partial charge in [-0.3, -0.25) is 14.9 Å². The van der Waals surface area contributed by atoms with Crippen molar-refractivity contribution in [2.75, 3.05) is 5.75 Å². The Morgan fingerprint density at radius 3 is 2.82 bits per heavy atom. The number of aliphatic hydroxyl groups excluding tert-OH is 1. The predicted octanol–water partition coefficient (Wildman–Crippen LogP) is 2.27. The van der Waals surface area contributed by atoms with Gasteiger partial charge in [-0.1, -0.05) is 19.1 Å². The first-order valence-electron chi connectivity index (χ1n) is 7.17. The van der Waals surface area contributed by atoms with E-state index in [9.17, 15) is 20.0 Å². The molecule has 0 radical (unpaired) electrons. The van der Waals surface area contributed by atoms with Gasteiger partial charge in [0, 0.05) is 16.9 Å². The normalized spacial score (nSPS) is 22.5. The Kier molecular flexibility index (Phi) is 5.42. The minimum absolute atomic E-state index is 0.00906. The molecule has 1 heterocycles. The van der Waals surface area contributed by atoms with Crippen LogP contribution >= 0.6 is 11.8 Å². The molecule has 0 amide bonds. The monoisotopic (exact) mass is 325 g/mol. The molecule has 1 aromatic carbocycles. The molecule has 2 N–H and O–H groups in total. The van der Waals surface area contributed by atoms with Crippen LogP contribution in [0.15, 0.2) is 18.2 Å². The fraction of sp³-hybridized carbons (Fsp3) is 0.533. The number of rotatable bonds is 6. The smallest absolute Gasteiger partial charge is 0.306 e. The van der Waals surface area contributed by atoms with E-state index in [1.54, 1.807) is 30.8 Å². The van der Waals surface area contributed by atoms with E-state index in [0.29, 0.717) is 17.5 Å². The van der Waals surface area contributed by atoms with E-state index in [1.807, 2.05) is 0 Å². The predicted molar refractivity (Wildman–Crippen MR) is 84.2 cm³/mol. The average Bonchev–Trinajstić information content (AvgIpc) is 2.85. The lowest BCUT2D eigenvalue weighted by atomic mass is 9.97. The number of carboxylic acid groups (broad SMARTS) is 1. The van der Waals surface area contributed by atoms with Crippen LogP contribution < -0.4 is 0 Å². The molecule has 3 atom stereocenters. The molecule has 1 aliphatic rings. The van der Waals surface area contributed by atoms with Crippen molar-refractivity contribution in [1.29, 1.82) is 0 Å². The SMILES string of the molecule is CC(Cc1ccc(CC2SCCC2O)c([N+](=O)[O-])c1)C(=O)O. The molecule has 3 unspecified atom stereocenters. The summed E-state index contributed by atoms with van der Waals surface area (Å²) in [5, 5.41) is 30.0.